The predicted octanol–water partition coefficient (Wildman–Crippen LogP) is 2.13. The van der Waals surface area contributed by atoms with Crippen LogP contribution in [0.4, 0.5) is 0 Å². The van der Waals surface area contributed by atoms with Gasteiger partial charge in [-0.3, -0.25) is 4.79 Å². The third-order valence-electron chi connectivity index (χ3n) is 5.19. The van der Waals surface area contributed by atoms with Crippen LogP contribution in [0, 0.1) is 0 Å². The van der Waals surface area contributed by atoms with E-state index in [1.807, 2.05) is 24.3 Å². The van der Waals surface area contributed by atoms with Gasteiger partial charge in [-0.2, -0.15) is 9.40 Å². The van der Waals surface area contributed by atoms with E-state index in [1.165, 1.54) is 10.6 Å². The largest absolute Gasteiger partial charge is 0.351 e. The number of nitrogens with one attached hydrogen (secondary N) is 1. The van der Waals surface area contributed by atoms with E-state index in [-0.39, 0.29) is 10.8 Å². The standard InChI is InChI=1S/C21H23N5O3S/c27-21(23-14-17-9-11-18(12-10-17)25-16-22-15-24-25)20-8-4-5-13-26(20)30(28,29)19-6-2-1-3-7-19/h1-3,6-7,9-12,15-16,20H,4-5,8,13-14H2,(H,23,27). The fraction of sp³-hybridized carbons (Fsp3) is 0.286. The molecule has 3 aromatic rings. The molecule has 30 heavy (non-hydrogen) atoms. The van der Waals surface area contributed by atoms with Gasteiger partial charge in [0.05, 0.1) is 10.6 Å². The van der Waals surface area contributed by atoms with Gasteiger partial charge in [0.15, 0.2) is 0 Å². The Hall–Kier alpha value is -3.04. The van der Waals surface area contributed by atoms with Crippen molar-refractivity contribution in [3.05, 3.63) is 72.8 Å². The fourth-order valence-electron chi connectivity index (χ4n) is 3.60. The summed E-state index contributed by atoms with van der Waals surface area (Å²) in [4.78, 5) is 17.0. The lowest BCUT2D eigenvalue weighted by atomic mass is 10.0. The Morgan fingerprint density at radius 1 is 1.07 bits per heavy atom. The zero-order valence-corrected chi connectivity index (χ0v) is 17.2. The first kappa shape index (κ1) is 20.2. The van der Waals surface area contributed by atoms with Gasteiger partial charge < -0.3 is 5.32 Å². The number of hydrogen-bond donors (Lipinski definition) is 1. The number of carbonyl (C=O) groups is 1. The van der Waals surface area contributed by atoms with Crippen molar-refractivity contribution in [1.29, 1.82) is 0 Å². The van der Waals surface area contributed by atoms with Crippen molar-refractivity contribution in [2.24, 2.45) is 0 Å². The molecule has 1 aliphatic rings. The Balaban J connectivity index is 1.44. The van der Waals surface area contributed by atoms with Gasteiger partial charge in [-0.25, -0.2) is 18.1 Å². The van der Waals surface area contributed by atoms with Crippen molar-refractivity contribution in [3.63, 3.8) is 0 Å². The molecule has 1 atom stereocenters. The maximum atomic E-state index is 13.1. The summed E-state index contributed by atoms with van der Waals surface area (Å²) in [6.07, 6.45) is 5.17. The average Bonchev–Trinajstić information content (AvgIpc) is 3.33. The number of benzene rings is 2. The molecule has 156 valence electrons. The minimum absolute atomic E-state index is 0.216. The van der Waals surface area contributed by atoms with Crippen LogP contribution in [-0.4, -0.2) is 46.0 Å². The minimum atomic E-state index is -3.71. The highest BCUT2D eigenvalue weighted by Crippen LogP contribution is 2.25. The number of carbonyl (C=O) groups excluding carboxylic acids is 1. The van der Waals surface area contributed by atoms with Gasteiger partial charge in [0.25, 0.3) is 0 Å². The Morgan fingerprint density at radius 3 is 2.53 bits per heavy atom. The van der Waals surface area contributed by atoms with Crippen LogP contribution in [0.1, 0.15) is 24.8 Å². The summed E-state index contributed by atoms with van der Waals surface area (Å²) in [5.74, 6) is -0.269. The van der Waals surface area contributed by atoms with Crippen LogP contribution in [-0.2, 0) is 21.4 Å². The van der Waals surface area contributed by atoms with Crippen molar-refractivity contribution >= 4 is 15.9 Å². The summed E-state index contributed by atoms with van der Waals surface area (Å²) in [7, 11) is -3.71. The number of aromatic nitrogens is 3. The van der Waals surface area contributed by atoms with E-state index < -0.39 is 16.1 Å². The monoisotopic (exact) mass is 425 g/mol. The highest BCUT2D eigenvalue weighted by molar-refractivity contribution is 7.89. The van der Waals surface area contributed by atoms with Crippen LogP contribution in [0.25, 0.3) is 5.69 Å². The van der Waals surface area contributed by atoms with E-state index in [2.05, 4.69) is 15.4 Å². The van der Waals surface area contributed by atoms with Gasteiger partial charge in [-0.05, 0) is 42.7 Å². The quantitative estimate of drug-likeness (QED) is 0.653. The van der Waals surface area contributed by atoms with Crippen molar-refractivity contribution in [1.82, 2.24) is 24.4 Å². The molecule has 1 aliphatic heterocycles. The van der Waals surface area contributed by atoms with E-state index in [9.17, 15) is 13.2 Å². The van der Waals surface area contributed by atoms with Crippen LogP contribution < -0.4 is 5.32 Å². The highest BCUT2D eigenvalue weighted by atomic mass is 32.2. The van der Waals surface area contributed by atoms with Crippen LogP contribution in [0.15, 0.2) is 72.1 Å². The Kier molecular flexibility index (Phi) is 5.91. The molecular weight excluding hydrogens is 402 g/mol. The molecule has 1 N–H and O–H groups in total. The molecule has 8 nitrogen and oxygen atoms in total. The first-order chi connectivity index (χ1) is 14.6. The predicted molar refractivity (Wildman–Crippen MR) is 111 cm³/mol. The molecule has 2 heterocycles. The lowest BCUT2D eigenvalue weighted by molar-refractivity contribution is -0.125. The maximum absolute atomic E-state index is 13.1. The van der Waals surface area contributed by atoms with Crippen molar-refractivity contribution in [3.8, 4) is 5.69 Å². The topological polar surface area (TPSA) is 97.2 Å². The molecule has 1 fully saturated rings. The van der Waals surface area contributed by atoms with E-state index in [1.54, 1.807) is 41.3 Å². The molecule has 0 spiro atoms. The van der Waals surface area contributed by atoms with E-state index >= 15 is 0 Å². The molecule has 9 heteroatoms. The fourth-order valence-corrected chi connectivity index (χ4v) is 5.28. The van der Waals surface area contributed by atoms with Crippen molar-refractivity contribution < 1.29 is 13.2 Å². The second-order valence-electron chi connectivity index (χ2n) is 7.16. The Bertz CT molecular complexity index is 1080. The molecule has 0 aliphatic carbocycles. The molecule has 4 rings (SSSR count). The van der Waals surface area contributed by atoms with Gasteiger partial charge in [-0.15, -0.1) is 0 Å². The number of rotatable bonds is 6. The number of piperidine rings is 1. The summed E-state index contributed by atoms with van der Waals surface area (Å²) in [5.41, 5.74) is 1.79. The van der Waals surface area contributed by atoms with Gasteiger partial charge in [0.2, 0.25) is 15.9 Å². The average molecular weight is 426 g/mol. The van der Waals surface area contributed by atoms with Gasteiger partial charge in [0, 0.05) is 13.1 Å². The van der Waals surface area contributed by atoms with Crippen LogP contribution in [0.2, 0.25) is 0 Å². The molecule has 1 saturated heterocycles. The zero-order valence-electron chi connectivity index (χ0n) is 16.4. The molecule has 1 unspecified atom stereocenters. The normalized spacial score (nSPS) is 17.5. The minimum Gasteiger partial charge on any atom is -0.351 e. The maximum Gasteiger partial charge on any atom is 0.243 e. The molecule has 0 saturated carbocycles. The summed E-state index contributed by atoms with van der Waals surface area (Å²) in [6.45, 7) is 0.675. The number of hydrogen-bond acceptors (Lipinski definition) is 5. The lowest BCUT2D eigenvalue weighted by Crippen LogP contribution is -2.51. The van der Waals surface area contributed by atoms with E-state index in [0.717, 1.165) is 24.1 Å². The van der Waals surface area contributed by atoms with E-state index in [0.29, 0.717) is 19.5 Å². The van der Waals surface area contributed by atoms with E-state index in [4.69, 9.17) is 0 Å². The second-order valence-corrected chi connectivity index (χ2v) is 9.06. The number of amides is 1. The van der Waals surface area contributed by atoms with Crippen LogP contribution in [0.3, 0.4) is 0 Å². The second kappa shape index (κ2) is 8.76. The summed E-state index contributed by atoms with van der Waals surface area (Å²) in [6, 6.07) is 15.2. The SMILES string of the molecule is O=C(NCc1ccc(-n2cncn2)cc1)C1CCCCN1S(=O)(=O)c1ccccc1. The Morgan fingerprint density at radius 2 is 1.83 bits per heavy atom. The highest BCUT2D eigenvalue weighted by Gasteiger charge is 2.37. The van der Waals surface area contributed by atoms with Crippen LogP contribution >= 0.6 is 0 Å². The van der Waals surface area contributed by atoms with Gasteiger partial charge >= 0.3 is 0 Å². The van der Waals surface area contributed by atoms with Gasteiger partial charge in [-0.1, -0.05) is 36.8 Å². The number of sulfonamides is 1. The molecule has 1 aromatic heterocycles. The van der Waals surface area contributed by atoms with Crippen molar-refractivity contribution in [2.45, 2.75) is 36.7 Å². The first-order valence-electron chi connectivity index (χ1n) is 9.84. The molecule has 0 bridgehead atoms. The van der Waals surface area contributed by atoms with Gasteiger partial charge in [0.1, 0.15) is 18.7 Å². The number of nitrogens with zero attached hydrogens (tertiary/aromatic N) is 4. The van der Waals surface area contributed by atoms with Crippen LogP contribution in [0.5, 0.6) is 0 Å². The molecular formula is C21H23N5O3S. The molecule has 0 radical (unpaired) electrons. The third kappa shape index (κ3) is 4.27. The lowest BCUT2D eigenvalue weighted by Gasteiger charge is -2.33. The molecule has 1 amide bonds. The molecule has 2 aromatic carbocycles. The summed E-state index contributed by atoms with van der Waals surface area (Å²) in [5, 5.41) is 6.98. The Labute approximate surface area is 175 Å². The summed E-state index contributed by atoms with van der Waals surface area (Å²) < 4.78 is 29.1. The first-order valence-corrected chi connectivity index (χ1v) is 11.3. The third-order valence-corrected chi connectivity index (χ3v) is 7.11. The summed E-state index contributed by atoms with van der Waals surface area (Å²) >= 11 is 0. The smallest absolute Gasteiger partial charge is 0.243 e. The van der Waals surface area contributed by atoms with Crippen molar-refractivity contribution in [2.75, 3.05) is 6.54 Å². The zero-order chi connectivity index (χ0) is 21.0.